The monoisotopic (exact) mass is 535 g/mol. The maximum absolute atomic E-state index is 13.9. The molecule has 0 bridgehead atoms. The van der Waals surface area contributed by atoms with Crippen molar-refractivity contribution < 1.29 is 18.0 Å². The summed E-state index contributed by atoms with van der Waals surface area (Å²) in [5, 5.41) is 2.86. The van der Waals surface area contributed by atoms with Gasteiger partial charge < -0.3 is 10.2 Å². The number of sulfonamides is 1. The van der Waals surface area contributed by atoms with Gasteiger partial charge in [-0.15, -0.1) is 0 Å². The van der Waals surface area contributed by atoms with Gasteiger partial charge in [0.05, 0.1) is 10.6 Å². The molecule has 0 saturated heterocycles. The minimum absolute atomic E-state index is 0.0949. The van der Waals surface area contributed by atoms with E-state index in [0.29, 0.717) is 18.7 Å². The Morgan fingerprint density at radius 1 is 0.895 bits per heavy atom. The highest BCUT2D eigenvalue weighted by Gasteiger charge is 2.33. The average molecular weight is 536 g/mol. The van der Waals surface area contributed by atoms with Crippen LogP contribution < -0.4 is 9.62 Å². The lowest BCUT2D eigenvalue weighted by Gasteiger charge is -2.32. The van der Waals surface area contributed by atoms with E-state index >= 15 is 0 Å². The van der Waals surface area contributed by atoms with Crippen molar-refractivity contribution in [3.8, 4) is 0 Å². The lowest BCUT2D eigenvalue weighted by molar-refractivity contribution is -0.139. The first-order valence-electron chi connectivity index (χ1n) is 13.0. The van der Waals surface area contributed by atoms with Crippen molar-refractivity contribution in [2.24, 2.45) is 0 Å². The van der Waals surface area contributed by atoms with Crippen LogP contribution in [0, 0.1) is 6.92 Å². The standard InChI is InChI=1S/C30H37N3O4S/c1-5-20-31-30(35)24(4)32(21-25-18-16-23(3)17-19-25)29(34)22-33(28-15-11-10-12-26(28)6-2)38(36,37)27-13-8-7-9-14-27/h7-19,24H,5-6,20-22H2,1-4H3,(H,31,35). The SMILES string of the molecule is CCCNC(=O)C(C)N(Cc1ccc(C)cc1)C(=O)CN(c1ccccc1CC)S(=O)(=O)c1ccccc1. The van der Waals surface area contributed by atoms with Gasteiger partial charge in [-0.25, -0.2) is 8.42 Å². The van der Waals surface area contributed by atoms with E-state index in [1.165, 1.54) is 21.3 Å². The Bertz CT molecular complexity index is 1330. The molecule has 0 aliphatic heterocycles. The number of nitrogens with one attached hydrogen (secondary N) is 1. The topological polar surface area (TPSA) is 86.8 Å². The lowest BCUT2D eigenvalue weighted by Crippen LogP contribution is -2.51. The third kappa shape index (κ3) is 7.01. The minimum Gasteiger partial charge on any atom is -0.354 e. The van der Waals surface area contributed by atoms with Crippen molar-refractivity contribution >= 4 is 27.5 Å². The van der Waals surface area contributed by atoms with Gasteiger partial charge in [-0.3, -0.25) is 13.9 Å². The van der Waals surface area contributed by atoms with Crippen molar-refractivity contribution in [3.05, 3.63) is 95.6 Å². The van der Waals surface area contributed by atoms with E-state index in [9.17, 15) is 18.0 Å². The number of nitrogens with zero attached hydrogens (tertiary/aromatic N) is 2. The Balaban J connectivity index is 2.04. The summed E-state index contributed by atoms with van der Waals surface area (Å²) in [6.07, 6.45) is 1.36. The maximum Gasteiger partial charge on any atom is 0.264 e. The molecule has 0 aromatic heterocycles. The maximum atomic E-state index is 13.9. The number of anilines is 1. The molecule has 1 atom stereocenters. The van der Waals surface area contributed by atoms with Gasteiger partial charge in [0.25, 0.3) is 10.0 Å². The van der Waals surface area contributed by atoms with Crippen LogP contribution in [0.4, 0.5) is 5.69 Å². The zero-order valence-corrected chi connectivity index (χ0v) is 23.4. The van der Waals surface area contributed by atoms with Gasteiger partial charge in [-0.2, -0.15) is 0 Å². The van der Waals surface area contributed by atoms with E-state index in [1.807, 2.05) is 57.2 Å². The fraction of sp³-hybridized carbons (Fsp3) is 0.333. The fourth-order valence-corrected chi connectivity index (χ4v) is 5.63. The van der Waals surface area contributed by atoms with Crippen molar-refractivity contribution in [3.63, 3.8) is 0 Å². The molecule has 0 saturated carbocycles. The van der Waals surface area contributed by atoms with E-state index in [1.54, 1.807) is 37.3 Å². The van der Waals surface area contributed by atoms with Crippen LogP contribution in [0.3, 0.4) is 0 Å². The van der Waals surface area contributed by atoms with Crippen LogP contribution in [0.1, 0.15) is 43.9 Å². The summed E-state index contributed by atoms with van der Waals surface area (Å²) in [6.45, 7) is 7.78. The van der Waals surface area contributed by atoms with E-state index in [2.05, 4.69) is 5.32 Å². The molecular weight excluding hydrogens is 498 g/mol. The van der Waals surface area contributed by atoms with Gasteiger partial charge in [0, 0.05) is 13.1 Å². The summed E-state index contributed by atoms with van der Waals surface area (Å²) in [5.41, 5.74) is 3.19. The van der Waals surface area contributed by atoms with Crippen molar-refractivity contribution in [1.82, 2.24) is 10.2 Å². The zero-order valence-electron chi connectivity index (χ0n) is 22.6. The Kier molecular flexibility index (Phi) is 10.1. The molecular formula is C30H37N3O4S. The summed E-state index contributed by atoms with van der Waals surface area (Å²) in [7, 11) is -4.07. The molecule has 0 aliphatic carbocycles. The van der Waals surface area contributed by atoms with Gasteiger partial charge in [0.15, 0.2) is 0 Å². The zero-order chi connectivity index (χ0) is 27.7. The molecule has 3 rings (SSSR count). The Hall–Kier alpha value is -3.65. The van der Waals surface area contributed by atoms with Crippen molar-refractivity contribution in [2.75, 3.05) is 17.4 Å². The van der Waals surface area contributed by atoms with Crippen molar-refractivity contribution in [1.29, 1.82) is 0 Å². The number of carbonyl (C=O) groups is 2. The van der Waals surface area contributed by atoms with Crippen LogP contribution in [0.15, 0.2) is 83.8 Å². The number of benzene rings is 3. The first kappa shape index (κ1) is 28.9. The smallest absolute Gasteiger partial charge is 0.264 e. The average Bonchev–Trinajstić information content (AvgIpc) is 2.94. The highest BCUT2D eigenvalue weighted by atomic mass is 32.2. The van der Waals surface area contributed by atoms with E-state index in [-0.39, 0.29) is 17.3 Å². The Morgan fingerprint density at radius 2 is 1.53 bits per heavy atom. The second kappa shape index (κ2) is 13.2. The molecule has 38 heavy (non-hydrogen) atoms. The highest BCUT2D eigenvalue weighted by molar-refractivity contribution is 7.92. The summed E-state index contributed by atoms with van der Waals surface area (Å²) in [5.74, 6) is -0.742. The summed E-state index contributed by atoms with van der Waals surface area (Å²) >= 11 is 0. The fourth-order valence-electron chi connectivity index (χ4n) is 4.15. The minimum atomic E-state index is -4.07. The number of hydrogen-bond donors (Lipinski definition) is 1. The molecule has 0 heterocycles. The second-order valence-electron chi connectivity index (χ2n) is 9.28. The number of rotatable bonds is 12. The number of carbonyl (C=O) groups excluding carboxylic acids is 2. The van der Waals surface area contributed by atoms with Gasteiger partial charge in [-0.1, -0.05) is 80.1 Å². The van der Waals surface area contributed by atoms with Crippen LogP contribution in [-0.4, -0.2) is 44.3 Å². The lowest BCUT2D eigenvalue weighted by atomic mass is 10.1. The molecule has 0 spiro atoms. The van der Waals surface area contributed by atoms with Gasteiger partial charge in [-0.05, 0) is 56.0 Å². The third-order valence-electron chi connectivity index (χ3n) is 6.44. The van der Waals surface area contributed by atoms with E-state index < -0.39 is 28.5 Å². The summed E-state index contributed by atoms with van der Waals surface area (Å²) in [4.78, 5) is 28.4. The van der Waals surface area contributed by atoms with Crippen molar-refractivity contribution in [2.45, 2.75) is 58.0 Å². The number of amides is 2. The van der Waals surface area contributed by atoms with Crippen LogP contribution in [0.2, 0.25) is 0 Å². The van der Waals surface area contributed by atoms with Gasteiger partial charge in [0.2, 0.25) is 11.8 Å². The molecule has 0 aliphatic rings. The normalized spacial score (nSPS) is 12.0. The molecule has 202 valence electrons. The molecule has 3 aromatic carbocycles. The highest BCUT2D eigenvalue weighted by Crippen LogP contribution is 2.28. The summed E-state index contributed by atoms with van der Waals surface area (Å²) in [6, 6.07) is 22.2. The van der Waals surface area contributed by atoms with Crippen LogP contribution in [0.25, 0.3) is 0 Å². The first-order valence-corrected chi connectivity index (χ1v) is 14.4. The third-order valence-corrected chi connectivity index (χ3v) is 8.22. The van der Waals surface area contributed by atoms with Gasteiger partial charge >= 0.3 is 0 Å². The molecule has 1 N–H and O–H groups in total. The Morgan fingerprint density at radius 3 is 2.16 bits per heavy atom. The summed E-state index contributed by atoms with van der Waals surface area (Å²) < 4.78 is 28.9. The van der Waals surface area contributed by atoms with Crippen LogP contribution in [0.5, 0.6) is 0 Å². The number of para-hydroxylation sites is 1. The number of aryl methyl sites for hydroxylation is 2. The molecule has 2 amide bonds. The Labute approximate surface area is 226 Å². The molecule has 7 nitrogen and oxygen atoms in total. The van der Waals surface area contributed by atoms with Crippen LogP contribution in [-0.2, 0) is 32.6 Å². The van der Waals surface area contributed by atoms with E-state index in [4.69, 9.17) is 0 Å². The number of hydrogen-bond acceptors (Lipinski definition) is 4. The molecule has 8 heteroatoms. The molecule has 3 aromatic rings. The molecule has 0 radical (unpaired) electrons. The molecule has 1 unspecified atom stereocenters. The van der Waals surface area contributed by atoms with E-state index in [0.717, 1.165) is 23.1 Å². The predicted molar refractivity (Wildman–Crippen MR) is 151 cm³/mol. The molecule has 0 fully saturated rings. The van der Waals surface area contributed by atoms with Gasteiger partial charge in [0.1, 0.15) is 12.6 Å². The largest absolute Gasteiger partial charge is 0.354 e. The second-order valence-corrected chi connectivity index (χ2v) is 11.1. The quantitative estimate of drug-likeness (QED) is 0.364. The first-order chi connectivity index (χ1) is 18.2. The predicted octanol–water partition coefficient (Wildman–Crippen LogP) is 4.70. The van der Waals surface area contributed by atoms with Crippen LogP contribution >= 0.6 is 0 Å².